The van der Waals surface area contributed by atoms with Crippen molar-refractivity contribution in [2.45, 2.75) is 32.9 Å². The molecular weight excluding hydrogens is 288 g/mol. The molecule has 23 heavy (non-hydrogen) atoms. The van der Waals surface area contributed by atoms with Gasteiger partial charge < -0.3 is 10.1 Å². The average Bonchev–Trinajstić information content (AvgIpc) is 2.99. The molecule has 4 nitrogen and oxygen atoms in total. The van der Waals surface area contributed by atoms with Crippen molar-refractivity contribution >= 4 is 22.6 Å². The van der Waals surface area contributed by atoms with E-state index in [4.69, 9.17) is 4.74 Å². The molecule has 3 rings (SSSR count). The molecule has 0 fully saturated rings. The predicted octanol–water partition coefficient (Wildman–Crippen LogP) is 3.47. The summed E-state index contributed by atoms with van der Waals surface area (Å²) in [6.45, 7) is 6.12. The summed E-state index contributed by atoms with van der Waals surface area (Å²) in [7, 11) is 1.63. The lowest BCUT2D eigenvalue weighted by atomic mass is 9.96. The van der Waals surface area contributed by atoms with Crippen LogP contribution in [0.15, 0.2) is 47.5 Å². The smallest absolute Gasteiger partial charge is 0.248 e. The highest BCUT2D eigenvalue weighted by atomic mass is 16.5. The zero-order chi connectivity index (χ0) is 16.6. The highest BCUT2D eigenvalue weighted by Gasteiger charge is 2.41. The Balaban J connectivity index is 2.08. The third kappa shape index (κ3) is 2.81. The van der Waals surface area contributed by atoms with E-state index in [-0.39, 0.29) is 11.3 Å². The van der Waals surface area contributed by atoms with Gasteiger partial charge in [0.25, 0.3) is 0 Å². The normalized spacial score (nSPS) is 21.0. The standard InChI is InChI=1S/C19H22N2O2/c1-19(2,3)18-21-15(17(22)20-4)16(23-18)14-11-7-9-12-8-5-6-10-13(12)14/h5-11,15-16H,1-4H3,(H,20,22)/t15-,16-/m0/s1. The molecule has 0 aliphatic carbocycles. The van der Waals surface area contributed by atoms with Crippen molar-refractivity contribution < 1.29 is 9.53 Å². The van der Waals surface area contributed by atoms with Crippen molar-refractivity contribution in [3.63, 3.8) is 0 Å². The molecule has 2 aromatic carbocycles. The molecule has 0 aromatic heterocycles. The van der Waals surface area contributed by atoms with Crippen LogP contribution in [-0.4, -0.2) is 24.9 Å². The molecule has 1 amide bonds. The zero-order valence-corrected chi connectivity index (χ0v) is 14.0. The number of hydrogen-bond donors (Lipinski definition) is 1. The third-order valence-corrected chi connectivity index (χ3v) is 4.07. The Kier molecular flexibility index (Phi) is 3.84. The molecule has 1 aliphatic rings. The van der Waals surface area contributed by atoms with Gasteiger partial charge in [-0.25, -0.2) is 4.99 Å². The van der Waals surface area contributed by atoms with Crippen LogP contribution in [0.25, 0.3) is 10.8 Å². The summed E-state index contributed by atoms with van der Waals surface area (Å²) in [6, 6.07) is 13.7. The van der Waals surface area contributed by atoms with Crippen LogP contribution in [0.1, 0.15) is 32.4 Å². The number of nitrogens with one attached hydrogen (secondary N) is 1. The van der Waals surface area contributed by atoms with Gasteiger partial charge in [-0.3, -0.25) is 4.79 Å². The van der Waals surface area contributed by atoms with Gasteiger partial charge in [-0.15, -0.1) is 0 Å². The van der Waals surface area contributed by atoms with Crippen LogP contribution in [0.3, 0.4) is 0 Å². The maximum Gasteiger partial charge on any atom is 0.248 e. The molecular formula is C19H22N2O2. The van der Waals surface area contributed by atoms with Crippen LogP contribution in [0.2, 0.25) is 0 Å². The number of likely N-dealkylation sites (N-methyl/N-ethyl adjacent to an activating group) is 1. The molecule has 1 aliphatic heterocycles. The van der Waals surface area contributed by atoms with E-state index in [1.54, 1.807) is 7.05 Å². The number of fused-ring (bicyclic) bond motifs is 1. The maximum atomic E-state index is 12.3. The number of nitrogens with zero attached hydrogens (tertiary/aromatic N) is 1. The van der Waals surface area contributed by atoms with Crippen molar-refractivity contribution in [3.8, 4) is 0 Å². The molecule has 0 bridgehead atoms. The van der Waals surface area contributed by atoms with Crippen LogP contribution in [0, 0.1) is 5.41 Å². The molecule has 2 atom stereocenters. The quantitative estimate of drug-likeness (QED) is 0.923. The van der Waals surface area contributed by atoms with Gasteiger partial charge in [0.15, 0.2) is 18.0 Å². The first-order chi connectivity index (χ1) is 10.9. The van der Waals surface area contributed by atoms with E-state index in [0.717, 1.165) is 16.3 Å². The number of carbonyl (C=O) groups is 1. The SMILES string of the molecule is CNC(=O)[C@H]1N=C(C(C)(C)C)O[C@H]1c1cccc2ccccc12. The number of carbonyl (C=O) groups excluding carboxylic acids is 1. The molecule has 0 saturated carbocycles. The Morgan fingerprint density at radius 1 is 1.13 bits per heavy atom. The van der Waals surface area contributed by atoms with Crippen molar-refractivity contribution in [1.29, 1.82) is 0 Å². The van der Waals surface area contributed by atoms with Crippen LogP contribution in [0.4, 0.5) is 0 Å². The van der Waals surface area contributed by atoms with Crippen molar-refractivity contribution in [2.24, 2.45) is 10.4 Å². The first-order valence-corrected chi connectivity index (χ1v) is 7.86. The van der Waals surface area contributed by atoms with E-state index in [1.807, 2.05) is 45.0 Å². The second-order valence-corrected chi connectivity index (χ2v) is 6.85. The minimum absolute atomic E-state index is 0.123. The van der Waals surface area contributed by atoms with Crippen LogP contribution in [0.5, 0.6) is 0 Å². The largest absolute Gasteiger partial charge is 0.470 e. The van der Waals surface area contributed by atoms with Crippen molar-refractivity contribution in [2.75, 3.05) is 7.05 Å². The van der Waals surface area contributed by atoms with E-state index < -0.39 is 12.1 Å². The molecule has 0 unspecified atom stereocenters. The summed E-state index contributed by atoms with van der Waals surface area (Å²) in [5.74, 6) is 0.506. The van der Waals surface area contributed by atoms with E-state index in [1.165, 1.54) is 0 Å². The van der Waals surface area contributed by atoms with E-state index in [0.29, 0.717) is 5.90 Å². The lowest BCUT2D eigenvalue weighted by Crippen LogP contribution is -2.33. The fraction of sp³-hybridized carbons (Fsp3) is 0.368. The lowest BCUT2D eigenvalue weighted by Gasteiger charge is -2.22. The first-order valence-electron chi connectivity index (χ1n) is 7.86. The average molecular weight is 310 g/mol. The third-order valence-electron chi connectivity index (χ3n) is 4.07. The molecule has 0 radical (unpaired) electrons. The summed E-state index contributed by atoms with van der Waals surface area (Å²) >= 11 is 0. The molecule has 1 N–H and O–H groups in total. The topological polar surface area (TPSA) is 50.7 Å². The van der Waals surface area contributed by atoms with E-state index in [9.17, 15) is 4.79 Å². The highest BCUT2D eigenvalue weighted by Crippen LogP contribution is 2.37. The Morgan fingerprint density at radius 3 is 2.52 bits per heavy atom. The fourth-order valence-electron chi connectivity index (χ4n) is 2.86. The summed E-state index contributed by atoms with van der Waals surface area (Å²) in [6.07, 6.45) is -0.393. The zero-order valence-electron chi connectivity index (χ0n) is 14.0. The summed E-state index contributed by atoms with van der Waals surface area (Å²) in [5.41, 5.74) is 0.769. The van der Waals surface area contributed by atoms with Crippen LogP contribution in [-0.2, 0) is 9.53 Å². The molecule has 120 valence electrons. The minimum Gasteiger partial charge on any atom is -0.470 e. The van der Waals surface area contributed by atoms with E-state index >= 15 is 0 Å². The second kappa shape index (κ2) is 5.69. The summed E-state index contributed by atoms with van der Waals surface area (Å²) in [5, 5.41) is 4.93. The summed E-state index contributed by atoms with van der Waals surface area (Å²) in [4.78, 5) is 16.9. The maximum absolute atomic E-state index is 12.3. The second-order valence-electron chi connectivity index (χ2n) is 6.85. The Bertz CT molecular complexity index is 769. The summed E-state index contributed by atoms with van der Waals surface area (Å²) < 4.78 is 6.14. The Hall–Kier alpha value is -2.36. The number of benzene rings is 2. The van der Waals surface area contributed by atoms with Gasteiger partial charge in [0.2, 0.25) is 5.91 Å². The number of aliphatic imine (C=N–C) groups is 1. The van der Waals surface area contributed by atoms with Gasteiger partial charge in [-0.05, 0) is 10.8 Å². The number of amides is 1. The molecule has 0 spiro atoms. The van der Waals surface area contributed by atoms with E-state index in [2.05, 4.69) is 28.5 Å². The molecule has 1 heterocycles. The number of ether oxygens (including phenoxy) is 1. The Labute approximate surface area is 136 Å². The van der Waals surface area contributed by atoms with Gasteiger partial charge >= 0.3 is 0 Å². The molecule has 0 saturated heterocycles. The number of hydrogen-bond acceptors (Lipinski definition) is 3. The number of rotatable bonds is 2. The predicted molar refractivity (Wildman–Crippen MR) is 92.5 cm³/mol. The molecule has 2 aromatic rings. The van der Waals surface area contributed by atoms with Crippen LogP contribution >= 0.6 is 0 Å². The van der Waals surface area contributed by atoms with Gasteiger partial charge in [-0.1, -0.05) is 63.2 Å². The first kappa shape index (κ1) is 15.5. The Morgan fingerprint density at radius 2 is 1.83 bits per heavy atom. The van der Waals surface area contributed by atoms with Gasteiger partial charge in [0.1, 0.15) is 0 Å². The molecule has 4 heteroatoms. The highest BCUT2D eigenvalue weighted by molar-refractivity contribution is 5.93. The lowest BCUT2D eigenvalue weighted by molar-refractivity contribution is -0.123. The fourth-order valence-corrected chi connectivity index (χ4v) is 2.86. The van der Waals surface area contributed by atoms with Gasteiger partial charge in [0.05, 0.1) is 0 Å². The monoisotopic (exact) mass is 310 g/mol. The van der Waals surface area contributed by atoms with Crippen LogP contribution < -0.4 is 5.32 Å². The van der Waals surface area contributed by atoms with Gasteiger partial charge in [-0.2, -0.15) is 0 Å². The van der Waals surface area contributed by atoms with Crippen molar-refractivity contribution in [1.82, 2.24) is 5.32 Å². The van der Waals surface area contributed by atoms with Crippen molar-refractivity contribution in [3.05, 3.63) is 48.0 Å². The minimum atomic E-state index is -0.556. The van der Waals surface area contributed by atoms with Gasteiger partial charge in [0, 0.05) is 18.0 Å².